The maximum Gasteiger partial charge on any atom is 0.141 e. The van der Waals surface area contributed by atoms with Crippen LogP contribution < -0.4 is 0 Å². The predicted molar refractivity (Wildman–Crippen MR) is 84.0 cm³/mol. The molecule has 1 saturated carbocycles. The number of unbranched alkanes of at least 4 members (excludes halogenated alkanes) is 5. The fourth-order valence-corrected chi connectivity index (χ4v) is 2.62. The van der Waals surface area contributed by atoms with Gasteiger partial charge < -0.3 is 4.89 Å². The van der Waals surface area contributed by atoms with Crippen molar-refractivity contribution in [2.24, 2.45) is 0 Å². The van der Waals surface area contributed by atoms with E-state index in [0.29, 0.717) is 0 Å². The van der Waals surface area contributed by atoms with Gasteiger partial charge in [0.05, 0.1) is 6.10 Å². The highest BCUT2D eigenvalue weighted by molar-refractivity contribution is 4.88. The zero-order chi connectivity index (χ0) is 15.9. The van der Waals surface area contributed by atoms with Gasteiger partial charge in [0.2, 0.25) is 0 Å². The molecule has 0 aromatic rings. The Hall–Kier alpha value is -0.620. The van der Waals surface area contributed by atoms with Crippen LogP contribution in [0.3, 0.4) is 0 Å². The molecule has 22 heavy (non-hydrogen) atoms. The third kappa shape index (κ3) is 10.2. The summed E-state index contributed by atoms with van der Waals surface area (Å²) in [7, 11) is 0. The van der Waals surface area contributed by atoms with Crippen LogP contribution in [-0.2, 0) is 24.9 Å². The second kappa shape index (κ2) is 14.0. The average molecular weight is 316 g/mol. The topological polar surface area (TPSA) is 46.2 Å². The van der Waals surface area contributed by atoms with E-state index < -0.39 is 0 Å². The van der Waals surface area contributed by atoms with Crippen LogP contribution in [0.15, 0.2) is 11.8 Å². The minimum Gasteiger partial charge on any atom is -0.311 e. The van der Waals surface area contributed by atoms with Gasteiger partial charge in [0, 0.05) is 16.5 Å². The molecule has 5 heteroatoms. The van der Waals surface area contributed by atoms with Crippen LogP contribution in [0.2, 0.25) is 0 Å². The smallest absolute Gasteiger partial charge is 0.141 e. The van der Waals surface area contributed by atoms with Crippen molar-refractivity contribution in [1.82, 2.24) is 0 Å². The molecule has 5 nitrogen and oxygen atoms in total. The van der Waals surface area contributed by atoms with E-state index in [1.165, 1.54) is 51.4 Å². The summed E-state index contributed by atoms with van der Waals surface area (Å²) in [6.07, 6.45) is 15.9. The third-order valence-corrected chi connectivity index (χ3v) is 4.02. The molecule has 0 amide bonds. The first-order valence-corrected chi connectivity index (χ1v) is 8.85. The Kier molecular flexibility index (Phi) is 12.4. The summed E-state index contributed by atoms with van der Waals surface area (Å²) >= 11 is 0. The lowest BCUT2D eigenvalue weighted by Crippen LogP contribution is -2.17. The number of allylic oxidation sites excluding steroid dienone is 2. The van der Waals surface area contributed by atoms with Crippen molar-refractivity contribution < 1.29 is 24.9 Å². The lowest BCUT2D eigenvalue weighted by atomic mass is 9.98. The molecule has 0 N–H and O–H groups in total. The molecule has 0 saturated heterocycles. The van der Waals surface area contributed by atoms with Crippen LogP contribution in [0.4, 0.5) is 0 Å². The largest absolute Gasteiger partial charge is 0.311 e. The summed E-state index contributed by atoms with van der Waals surface area (Å²) < 4.78 is 0. The minimum atomic E-state index is 0.0988. The maximum absolute atomic E-state index is 5.09. The van der Waals surface area contributed by atoms with Crippen molar-refractivity contribution in [2.75, 3.05) is 0 Å². The van der Waals surface area contributed by atoms with Gasteiger partial charge in [-0.25, -0.2) is 4.89 Å². The summed E-state index contributed by atoms with van der Waals surface area (Å²) in [6.45, 7) is 4.14. The van der Waals surface area contributed by atoms with E-state index in [1.54, 1.807) is 0 Å². The Morgan fingerprint density at radius 2 is 1.64 bits per heavy atom. The summed E-state index contributed by atoms with van der Waals surface area (Å²) in [5, 5.41) is 13.6. The first-order valence-electron chi connectivity index (χ1n) is 8.85. The van der Waals surface area contributed by atoms with Gasteiger partial charge in [-0.15, -0.1) is 0 Å². The Balaban J connectivity index is 1.92. The molecule has 0 unspecified atom stereocenters. The molecule has 1 aliphatic rings. The van der Waals surface area contributed by atoms with Crippen molar-refractivity contribution >= 4 is 0 Å². The van der Waals surface area contributed by atoms with E-state index in [2.05, 4.69) is 22.0 Å². The maximum atomic E-state index is 5.09. The van der Waals surface area contributed by atoms with Crippen LogP contribution in [0.5, 0.6) is 0 Å². The van der Waals surface area contributed by atoms with Crippen molar-refractivity contribution in [3.8, 4) is 0 Å². The van der Waals surface area contributed by atoms with Crippen molar-refractivity contribution in [3.63, 3.8) is 0 Å². The van der Waals surface area contributed by atoms with E-state index in [1.807, 2.05) is 13.0 Å². The van der Waals surface area contributed by atoms with E-state index in [-0.39, 0.29) is 6.10 Å². The molecule has 0 aromatic carbocycles. The highest BCUT2D eigenvalue weighted by Crippen LogP contribution is 2.20. The quantitative estimate of drug-likeness (QED) is 0.188. The Labute approximate surface area is 134 Å². The standard InChI is InChI=1S/C17H32O5/c1-3-5-6-7-8-10-13-16(4-2)18-20-22-21-19-17-14-11-9-12-15-17/h4,17H,3,5-15H2,1-2H3. The van der Waals surface area contributed by atoms with E-state index in [9.17, 15) is 0 Å². The van der Waals surface area contributed by atoms with E-state index >= 15 is 0 Å². The lowest BCUT2D eigenvalue weighted by molar-refractivity contribution is -0.708. The molecule has 0 radical (unpaired) electrons. The molecular weight excluding hydrogens is 284 g/mol. The molecule has 0 aromatic heterocycles. The van der Waals surface area contributed by atoms with E-state index in [0.717, 1.165) is 31.4 Å². The average Bonchev–Trinajstić information content (AvgIpc) is 2.56. The fraction of sp³-hybridized carbons (Fsp3) is 0.882. The van der Waals surface area contributed by atoms with Gasteiger partial charge >= 0.3 is 0 Å². The van der Waals surface area contributed by atoms with Gasteiger partial charge in [-0.1, -0.05) is 58.3 Å². The predicted octanol–water partition coefficient (Wildman–Crippen LogP) is 5.72. The van der Waals surface area contributed by atoms with Gasteiger partial charge in [-0.2, -0.15) is 0 Å². The van der Waals surface area contributed by atoms with E-state index in [4.69, 9.17) is 9.78 Å². The Morgan fingerprint density at radius 3 is 2.36 bits per heavy atom. The fourth-order valence-electron chi connectivity index (χ4n) is 2.62. The molecule has 0 heterocycles. The van der Waals surface area contributed by atoms with Gasteiger partial charge in [0.1, 0.15) is 5.76 Å². The number of hydrogen-bond donors (Lipinski definition) is 0. The molecule has 0 aliphatic heterocycles. The van der Waals surface area contributed by atoms with Crippen LogP contribution in [0, 0.1) is 0 Å². The number of rotatable bonds is 13. The van der Waals surface area contributed by atoms with Crippen LogP contribution >= 0.6 is 0 Å². The minimum absolute atomic E-state index is 0.0988. The summed E-state index contributed by atoms with van der Waals surface area (Å²) in [5.41, 5.74) is 0. The molecule has 1 aliphatic carbocycles. The van der Waals surface area contributed by atoms with Crippen LogP contribution in [0.1, 0.15) is 90.9 Å². The Bertz CT molecular complexity index is 274. The van der Waals surface area contributed by atoms with Crippen LogP contribution in [0.25, 0.3) is 0 Å². The Morgan fingerprint density at radius 1 is 0.909 bits per heavy atom. The SMILES string of the molecule is CC=C(CCCCCCCC)OOOOOC1CCCCC1. The van der Waals surface area contributed by atoms with Gasteiger partial charge in [0.25, 0.3) is 0 Å². The van der Waals surface area contributed by atoms with Crippen molar-refractivity contribution in [2.45, 2.75) is 97.0 Å². The van der Waals surface area contributed by atoms with Gasteiger partial charge in [-0.3, -0.25) is 0 Å². The highest BCUT2D eigenvalue weighted by atomic mass is 17.8. The zero-order valence-electron chi connectivity index (χ0n) is 14.2. The normalized spacial score (nSPS) is 16.9. The van der Waals surface area contributed by atoms with Gasteiger partial charge in [-0.05, 0) is 37.3 Å². The molecule has 1 fully saturated rings. The third-order valence-electron chi connectivity index (χ3n) is 4.02. The first-order chi connectivity index (χ1) is 10.9. The highest BCUT2D eigenvalue weighted by Gasteiger charge is 2.15. The monoisotopic (exact) mass is 316 g/mol. The molecular formula is C17H32O5. The first kappa shape index (κ1) is 19.4. The summed E-state index contributed by atoms with van der Waals surface area (Å²) in [6, 6.07) is 0. The summed E-state index contributed by atoms with van der Waals surface area (Å²) in [4.78, 5) is 10.1. The lowest BCUT2D eigenvalue weighted by Gasteiger charge is -2.18. The summed E-state index contributed by atoms with van der Waals surface area (Å²) in [5.74, 6) is 0.747. The second-order valence-corrected chi connectivity index (χ2v) is 5.92. The molecule has 0 atom stereocenters. The second-order valence-electron chi connectivity index (χ2n) is 5.92. The molecule has 130 valence electrons. The van der Waals surface area contributed by atoms with Crippen LogP contribution in [-0.4, -0.2) is 6.10 Å². The zero-order valence-corrected chi connectivity index (χ0v) is 14.2. The van der Waals surface area contributed by atoms with Gasteiger partial charge in [0.15, 0.2) is 0 Å². The number of hydrogen-bond acceptors (Lipinski definition) is 5. The van der Waals surface area contributed by atoms with Crippen molar-refractivity contribution in [3.05, 3.63) is 11.8 Å². The molecule has 1 rings (SSSR count). The molecule has 0 spiro atoms. The van der Waals surface area contributed by atoms with Crippen molar-refractivity contribution in [1.29, 1.82) is 0 Å². The molecule has 0 bridgehead atoms.